The molecule has 3 heteroatoms. The van der Waals surface area contributed by atoms with Crippen LogP contribution in [-0.2, 0) is 26.2 Å². The van der Waals surface area contributed by atoms with Crippen molar-refractivity contribution in [2.24, 2.45) is 10.8 Å². The van der Waals surface area contributed by atoms with Gasteiger partial charge in [0, 0.05) is 0 Å². The maximum atomic E-state index is 3.52. The van der Waals surface area contributed by atoms with E-state index in [-0.39, 0.29) is 51.0 Å². The first kappa shape index (κ1) is 34.0. The molecule has 0 saturated carbocycles. The number of hydrogen-bond acceptors (Lipinski definition) is 0. The Hall–Kier alpha value is 0.423. The normalized spacial score (nSPS) is 16.2. The molecule has 0 N–H and O–H groups in total. The molecule has 0 aromatic heterocycles. The molecular formula is C26H42Cl2Zr. The summed E-state index contributed by atoms with van der Waals surface area (Å²) in [6, 6.07) is 0. The van der Waals surface area contributed by atoms with Crippen LogP contribution in [0.15, 0.2) is 33.4 Å². The summed E-state index contributed by atoms with van der Waals surface area (Å²) in [6.07, 6.45) is 14.2. The molecule has 0 aromatic rings. The third-order valence-corrected chi connectivity index (χ3v) is 6.19. The maximum Gasteiger partial charge on any atom is 4.00 e. The first-order valence-electron chi connectivity index (χ1n) is 10.5. The van der Waals surface area contributed by atoms with Gasteiger partial charge in [-0.3, -0.25) is 12.2 Å². The van der Waals surface area contributed by atoms with Crippen LogP contribution in [0, 0.1) is 23.0 Å². The smallest absolute Gasteiger partial charge is 1.00 e. The second-order valence-corrected chi connectivity index (χ2v) is 9.54. The summed E-state index contributed by atoms with van der Waals surface area (Å²) in [4.78, 5) is 0. The zero-order valence-electron chi connectivity index (χ0n) is 20.5. The van der Waals surface area contributed by atoms with E-state index in [4.69, 9.17) is 0 Å². The van der Waals surface area contributed by atoms with Crippen LogP contribution in [0.1, 0.15) is 108 Å². The Labute approximate surface area is 214 Å². The summed E-state index contributed by atoms with van der Waals surface area (Å²) in [6.45, 7) is 22.8. The van der Waals surface area contributed by atoms with Crippen molar-refractivity contribution in [1.29, 1.82) is 0 Å². The molecule has 2 aliphatic carbocycles. The van der Waals surface area contributed by atoms with Crippen molar-refractivity contribution >= 4 is 0 Å². The van der Waals surface area contributed by atoms with E-state index in [0.717, 1.165) is 12.8 Å². The predicted octanol–water partition coefficient (Wildman–Crippen LogP) is 2.57. The van der Waals surface area contributed by atoms with Crippen molar-refractivity contribution in [2.45, 2.75) is 108 Å². The van der Waals surface area contributed by atoms with E-state index in [0.29, 0.717) is 10.8 Å². The molecule has 164 valence electrons. The standard InChI is InChI=1S/2C13H21.2ClH.Zr/c2*1-6-9-13(4,5)12-8-7-10(2)11(12)3;;;/h2*6-7,9H2,1-5H3;2*1H;/q2*-1;;;+4/p-2. The largest absolute Gasteiger partial charge is 4.00 e. The Morgan fingerprint density at radius 3 is 1.10 bits per heavy atom. The minimum Gasteiger partial charge on any atom is -1.00 e. The van der Waals surface area contributed by atoms with Crippen LogP contribution in [0.5, 0.6) is 0 Å². The van der Waals surface area contributed by atoms with Gasteiger partial charge in [0.25, 0.3) is 0 Å². The summed E-state index contributed by atoms with van der Waals surface area (Å²) < 4.78 is 0. The van der Waals surface area contributed by atoms with Crippen molar-refractivity contribution < 1.29 is 51.0 Å². The molecule has 29 heavy (non-hydrogen) atoms. The zero-order chi connectivity index (χ0) is 20.1. The second-order valence-electron chi connectivity index (χ2n) is 9.54. The Balaban J connectivity index is -0.000000422. The Morgan fingerprint density at radius 1 is 0.655 bits per heavy atom. The molecule has 0 aliphatic heterocycles. The molecule has 0 aromatic carbocycles. The molecule has 0 bridgehead atoms. The van der Waals surface area contributed by atoms with Crippen LogP contribution in [-0.4, -0.2) is 0 Å². The third kappa shape index (κ3) is 9.21. The van der Waals surface area contributed by atoms with Crippen molar-refractivity contribution in [3.63, 3.8) is 0 Å². The SMILES string of the molecule is CCCC(C)(C)C1=[C-]CC(C)=C1C.CCCC(C)(C)C1=[C-]CC(C)=C1C.[Cl-].[Cl-].[Zr+4]. The molecule has 0 saturated heterocycles. The summed E-state index contributed by atoms with van der Waals surface area (Å²) in [5.74, 6) is 0. The van der Waals surface area contributed by atoms with Crippen molar-refractivity contribution in [1.82, 2.24) is 0 Å². The predicted molar refractivity (Wildman–Crippen MR) is 117 cm³/mol. The Bertz CT molecular complexity index is 575. The molecule has 0 nitrogen and oxygen atoms in total. The van der Waals surface area contributed by atoms with E-state index in [1.807, 2.05) is 0 Å². The second kappa shape index (κ2) is 14.5. The average molecular weight is 517 g/mol. The summed E-state index contributed by atoms with van der Waals surface area (Å²) >= 11 is 0. The van der Waals surface area contributed by atoms with Crippen LogP contribution in [0.3, 0.4) is 0 Å². The topological polar surface area (TPSA) is 0 Å². The monoisotopic (exact) mass is 514 g/mol. The fraction of sp³-hybridized carbons (Fsp3) is 0.692. The number of halogens is 2. The van der Waals surface area contributed by atoms with E-state index >= 15 is 0 Å². The van der Waals surface area contributed by atoms with Gasteiger partial charge in [-0.2, -0.15) is 22.3 Å². The molecule has 0 unspecified atom stereocenters. The van der Waals surface area contributed by atoms with Crippen molar-refractivity contribution in [2.75, 3.05) is 0 Å². The van der Waals surface area contributed by atoms with Gasteiger partial charge in [0.05, 0.1) is 0 Å². The Kier molecular flexibility index (Phi) is 17.0. The quantitative estimate of drug-likeness (QED) is 0.476. The van der Waals surface area contributed by atoms with Gasteiger partial charge in [0.1, 0.15) is 0 Å². The average Bonchev–Trinajstić information content (AvgIpc) is 3.04. The first-order valence-corrected chi connectivity index (χ1v) is 10.5. The van der Waals surface area contributed by atoms with Crippen LogP contribution in [0.2, 0.25) is 0 Å². The van der Waals surface area contributed by atoms with E-state index in [1.54, 1.807) is 0 Å². The number of rotatable bonds is 6. The summed E-state index contributed by atoms with van der Waals surface area (Å²) in [5, 5.41) is 0. The van der Waals surface area contributed by atoms with Crippen LogP contribution in [0.25, 0.3) is 0 Å². The van der Waals surface area contributed by atoms with E-state index < -0.39 is 0 Å². The fourth-order valence-corrected chi connectivity index (χ4v) is 4.39. The molecule has 0 radical (unpaired) electrons. The molecule has 2 rings (SSSR count). The Morgan fingerprint density at radius 2 is 0.931 bits per heavy atom. The van der Waals surface area contributed by atoms with Gasteiger partial charge in [-0.1, -0.05) is 68.2 Å². The summed E-state index contributed by atoms with van der Waals surface area (Å²) in [7, 11) is 0. The van der Waals surface area contributed by atoms with E-state index in [1.165, 1.54) is 59.1 Å². The van der Waals surface area contributed by atoms with Gasteiger partial charge in [-0.05, 0) is 23.7 Å². The third-order valence-electron chi connectivity index (χ3n) is 6.19. The maximum absolute atomic E-state index is 3.52. The summed E-state index contributed by atoms with van der Waals surface area (Å²) in [5.41, 5.74) is 9.56. The van der Waals surface area contributed by atoms with Gasteiger partial charge in [0.2, 0.25) is 0 Å². The van der Waals surface area contributed by atoms with Gasteiger partial charge in [-0.15, -0.1) is 26.7 Å². The van der Waals surface area contributed by atoms with Crippen LogP contribution in [0.4, 0.5) is 0 Å². The van der Waals surface area contributed by atoms with Crippen molar-refractivity contribution in [3.05, 3.63) is 45.6 Å². The molecular weight excluding hydrogens is 474 g/mol. The molecule has 0 atom stereocenters. The first-order chi connectivity index (χ1) is 12.0. The minimum atomic E-state index is 0. The van der Waals surface area contributed by atoms with Crippen LogP contribution >= 0.6 is 0 Å². The van der Waals surface area contributed by atoms with E-state index in [2.05, 4.69) is 81.4 Å². The molecule has 0 spiro atoms. The minimum absolute atomic E-state index is 0. The molecule has 0 heterocycles. The van der Waals surface area contributed by atoms with Gasteiger partial charge >= 0.3 is 26.2 Å². The zero-order valence-corrected chi connectivity index (χ0v) is 24.5. The van der Waals surface area contributed by atoms with Gasteiger partial charge in [-0.25, -0.2) is 11.1 Å². The van der Waals surface area contributed by atoms with Gasteiger partial charge < -0.3 is 24.8 Å². The van der Waals surface area contributed by atoms with Crippen molar-refractivity contribution in [3.8, 4) is 0 Å². The van der Waals surface area contributed by atoms with E-state index in [9.17, 15) is 0 Å². The van der Waals surface area contributed by atoms with Crippen LogP contribution < -0.4 is 24.8 Å². The van der Waals surface area contributed by atoms with Gasteiger partial charge in [0.15, 0.2) is 0 Å². The molecule has 2 aliphatic rings. The number of hydrogen-bond donors (Lipinski definition) is 0. The number of allylic oxidation sites excluding steroid dienone is 8. The molecule has 0 fully saturated rings. The fourth-order valence-electron chi connectivity index (χ4n) is 4.39. The molecule has 0 amide bonds.